The van der Waals surface area contributed by atoms with Crippen molar-refractivity contribution in [3.63, 3.8) is 0 Å². The lowest BCUT2D eigenvalue weighted by atomic mass is 10.0. The molecule has 0 unspecified atom stereocenters. The van der Waals surface area contributed by atoms with E-state index in [1.807, 2.05) is 4.90 Å². The molecule has 1 saturated heterocycles. The maximum atomic E-state index is 14.3. The fraction of sp³-hybridized carbons (Fsp3) is 0.367. The summed E-state index contributed by atoms with van der Waals surface area (Å²) in [6.45, 7) is 3.70. The minimum Gasteiger partial charge on any atom is -0.497 e. The highest BCUT2D eigenvalue weighted by Gasteiger charge is 2.40. The molecule has 1 aliphatic heterocycles. The molecule has 5 rings (SSSR count). The lowest BCUT2D eigenvalue weighted by Crippen LogP contribution is -2.55. The average Bonchev–Trinajstić information content (AvgIpc) is 3.39. The SMILES string of the molecule is COc1ccc(-c2nc3c(C(=O)N4CCN([C@H](CO)c5cc(F)cc(OC)c5)C[C@H]4C)cnn3c(C(F)(F)F)c2C)cc1. The Labute approximate surface area is 245 Å². The van der Waals surface area contributed by atoms with Gasteiger partial charge in [-0.25, -0.2) is 13.9 Å². The van der Waals surface area contributed by atoms with Crippen molar-refractivity contribution in [1.29, 1.82) is 0 Å². The molecule has 2 atom stereocenters. The number of nitrogens with zero attached hydrogens (tertiary/aromatic N) is 5. The molecule has 0 aliphatic carbocycles. The predicted octanol–water partition coefficient (Wildman–Crippen LogP) is 4.76. The number of aliphatic hydroxyl groups is 1. The quantitative estimate of drug-likeness (QED) is 0.306. The number of fused-ring (bicyclic) bond motifs is 1. The van der Waals surface area contributed by atoms with Crippen LogP contribution in [-0.4, -0.2) is 81.9 Å². The van der Waals surface area contributed by atoms with Crippen molar-refractivity contribution in [2.75, 3.05) is 40.5 Å². The van der Waals surface area contributed by atoms with E-state index in [9.17, 15) is 27.5 Å². The normalized spacial score (nSPS) is 16.9. The van der Waals surface area contributed by atoms with Crippen LogP contribution in [0.1, 0.15) is 40.1 Å². The van der Waals surface area contributed by atoms with E-state index in [2.05, 4.69) is 10.1 Å². The van der Waals surface area contributed by atoms with E-state index in [0.29, 0.717) is 40.2 Å². The third-order valence-electron chi connectivity index (χ3n) is 7.79. The molecule has 0 saturated carbocycles. The maximum absolute atomic E-state index is 14.3. The van der Waals surface area contributed by atoms with Crippen molar-refractivity contribution in [2.24, 2.45) is 0 Å². The van der Waals surface area contributed by atoms with E-state index < -0.39 is 35.7 Å². The third kappa shape index (κ3) is 5.74. The van der Waals surface area contributed by atoms with Gasteiger partial charge in [-0.1, -0.05) is 0 Å². The number of alkyl halides is 3. The molecule has 1 fully saturated rings. The number of methoxy groups -OCH3 is 2. The zero-order valence-electron chi connectivity index (χ0n) is 24.0. The van der Waals surface area contributed by atoms with Gasteiger partial charge < -0.3 is 19.5 Å². The predicted molar refractivity (Wildman–Crippen MR) is 150 cm³/mol. The summed E-state index contributed by atoms with van der Waals surface area (Å²) in [4.78, 5) is 21.8. The van der Waals surface area contributed by atoms with E-state index in [1.54, 1.807) is 42.2 Å². The summed E-state index contributed by atoms with van der Waals surface area (Å²) in [5, 5.41) is 14.1. The summed E-state index contributed by atoms with van der Waals surface area (Å²) in [7, 11) is 2.91. The summed E-state index contributed by atoms with van der Waals surface area (Å²) >= 11 is 0. The van der Waals surface area contributed by atoms with Crippen molar-refractivity contribution in [2.45, 2.75) is 32.1 Å². The topological polar surface area (TPSA) is 92.4 Å². The minimum atomic E-state index is -4.77. The third-order valence-corrected chi connectivity index (χ3v) is 7.79. The van der Waals surface area contributed by atoms with Crippen LogP contribution < -0.4 is 9.47 Å². The molecule has 2 aromatic carbocycles. The van der Waals surface area contributed by atoms with Gasteiger partial charge in [0.25, 0.3) is 5.91 Å². The number of piperazine rings is 1. The molecular formula is C30H31F4N5O4. The van der Waals surface area contributed by atoms with Crippen LogP contribution in [0, 0.1) is 12.7 Å². The second kappa shape index (κ2) is 11.8. The van der Waals surface area contributed by atoms with Crippen molar-refractivity contribution in [1.82, 2.24) is 24.4 Å². The maximum Gasteiger partial charge on any atom is 0.433 e. The van der Waals surface area contributed by atoms with Crippen LogP contribution in [0.5, 0.6) is 11.5 Å². The highest BCUT2D eigenvalue weighted by molar-refractivity contribution is 6.00. The van der Waals surface area contributed by atoms with Gasteiger partial charge in [-0.05, 0) is 55.8 Å². The molecule has 1 amide bonds. The van der Waals surface area contributed by atoms with Gasteiger partial charge in [0.05, 0.1) is 38.8 Å². The van der Waals surface area contributed by atoms with Crippen molar-refractivity contribution in [3.05, 3.63) is 76.9 Å². The zero-order valence-corrected chi connectivity index (χ0v) is 24.0. The number of aromatic nitrogens is 3. The molecule has 1 N–H and O–H groups in total. The molecule has 4 aromatic rings. The molecule has 228 valence electrons. The molecule has 0 spiro atoms. The van der Waals surface area contributed by atoms with Crippen molar-refractivity contribution < 1.29 is 36.9 Å². The van der Waals surface area contributed by atoms with Gasteiger partial charge in [0, 0.05) is 42.9 Å². The van der Waals surface area contributed by atoms with Gasteiger partial charge in [-0.15, -0.1) is 0 Å². The summed E-state index contributed by atoms with van der Waals surface area (Å²) < 4.78 is 68.2. The first-order chi connectivity index (χ1) is 20.5. The number of ether oxygens (including phenoxy) is 2. The molecular weight excluding hydrogens is 570 g/mol. The average molecular weight is 602 g/mol. The number of carbonyl (C=O) groups is 1. The van der Waals surface area contributed by atoms with E-state index in [4.69, 9.17) is 9.47 Å². The number of rotatable bonds is 7. The van der Waals surface area contributed by atoms with Gasteiger partial charge in [0.15, 0.2) is 11.3 Å². The van der Waals surface area contributed by atoms with Crippen LogP contribution in [0.15, 0.2) is 48.7 Å². The molecule has 3 heterocycles. The van der Waals surface area contributed by atoms with Crippen LogP contribution in [0.2, 0.25) is 0 Å². The van der Waals surface area contributed by atoms with Gasteiger partial charge in [0.2, 0.25) is 0 Å². The lowest BCUT2D eigenvalue weighted by molar-refractivity contribution is -0.143. The van der Waals surface area contributed by atoms with Gasteiger partial charge in [-0.3, -0.25) is 9.69 Å². The fourth-order valence-corrected chi connectivity index (χ4v) is 5.64. The highest BCUT2D eigenvalue weighted by atomic mass is 19.4. The summed E-state index contributed by atoms with van der Waals surface area (Å²) in [6.07, 6.45) is -3.65. The molecule has 43 heavy (non-hydrogen) atoms. The van der Waals surface area contributed by atoms with Crippen molar-refractivity contribution >= 4 is 11.6 Å². The number of hydrogen-bond donors (Lipinski definition) is 1. The lowest BCUT2D eigenvalue weighted by Gasteiger charge is -2.43. The largest absolute Gasteiger partial charge is 0.497 e. The number of carbonyl (C=O) groups excluding carboxylic acids is 1. The van der Waals surface area contributed by atoms with Gasteiger partial charge in [-0.2, -0.15) is 18.3 Å². The first-order valence-electron chi connectivity index (χ1n) is 13.6. The van der Waals surface area contributed by atoms with Crippen LogP contribution in [0.3, 0.4) is 0 Å². The second-order valence-corrected chi connectivity index (χ2v) is 10.4. The highest BCUT2D eigenvalue weighted by Crippen LogP contribution is 2.37. The molecule has 9 nitrogen and oxygen atoms in total. The smallest absolute Gasteiger partial charge is 0.433 e. The Bertz CT molecular complexity index is 1640. The molecule has 0 bridgehead atoms. The van der Waals surface area contributed by atoms with Gasteiger partial charge >= 0.3 is 6.18 Å². The minimum absolute atomic E-state index is 0.0610. The number of halogens is 4. The van der Waals surface area contributed by atoms with Crippen LogP contribution in [0.25, 0.3) is 16.9 Å². The van der Waals surface area contributed by atoms with E-state index >= 15 is 0 Å². The first kappa shape index (κ1) is 30.2. The molecule has 0 radical (unpaired) electrons. The monoisotopic (exact) mass is 601 g/mol. The molecule has 2 aromatic heterocycles. The zero-order chi connectivity index (χ0) is 31.1. The summed E-state index contributed by atoms with van der Waals surface area (Å²) in [5.41, 5.74) is -0.380. The summed E-state index contributed by atoms with van der Waals surface area (Å²) in [6, 6.07) is 9.74. The number of aliphatic hydroxyl groups excluding tert-OH is 1. The van der Waals surface area contributed by atoms with E-state index in [0.717, 1.165) is 6.20 Å². The Morgan fingerprint density at radius 1 is 1.09 bits per heavy atom. The van der Waals surface area contributed by atoms with Crippen LogP contribution in [0.4, 0.5) is 17.6 Å². The Morgan fingerprint density at radius 3 is 2.40 bits per heavy atom. The Balaban J connectivity index is 1.47. The Morgan fingerprint density at radius 2 is 1.79 bits per heavy atom. The van der Waals surface area contributed by atoms with E-state index in [-0.39, 0.29) is 35.6 Å². The molecule has 1 aliphatic rings. The van der Waals surface area contributed by atoms with Gasteiger partial charge in [0.1, 0.15) is 22.9 Å². The Kier molecular flexibility index (Phi) is 8.30. The van der Waals surface area contributed by atoms with Crippen LogP contribution >= 0.6 is 0 Å². The second-order valence-electron chi connectivity index (χ2n) is 10.4. The van der Waals surface area contributed by atoms with Crippen molar-refractivity contribution in [3.8, 4) is 22.8 Å². The number of benzene rings is 2. The molecule has 13 heteroatoms. The summed E-state index contributed by atoms with van der Waals surface area (Å²) in [5.74, 6) is -0.164. The Hall–Kier alpha value is -4.23. The number of amides is 1. The van der Waals surface area contributed by atoms with E-state index in [1.165, 1.54) is 33.3 Å². The fourth-order valence-electron chi connectivity index (χ4n) is 5.64. The standard InChI is InChI=1S/C30H31F4N5O4/c1-17-15-37(25(16-40)20-11-21(31)13-23(12-20)43-4)9-10-38(17)29(41)24-14-35-39-27(30(32,33)34)18(2)26(36-28(24)39)19-5-7-22(42-3)8-6-19/h5-8,11-14,17,25,40H,9-10,15-16H2,1-4H3/t17-,25-/m1/s1. The number of hydrogen-bond acceptors (Lipinski definition) is 7. The first-order valence-corrected chi connectivity index (χ1v) is 13.6. The van der Waals surface area contributed by atoms with Crippen LogP contribution in [-0.2, 0) is 6.18 Å².